The second-order valence-electron chi connectivity index (χ2n) is 8.16. The number of aryl methyl sites for hydroxylation is 1. The van der Waals surface area contributed by atoms with E-state index in [0.717, 1.165) is 59.4 Å². The van der Waals surface area contributed by atoms with Gasteiger partial charge < -0.3 is 20.8 Å². The average molecular weight is 422 g/mol. The van der Waals surface area contributed by atoms with Crippen molar-refractivity contribution in [3.63, 3.8) is 0 Å². The Bertz CT molecular complexity index is 1210. The number of nitrogens with one attached hydrogen (secondary N) is 2. The van der Waals surface area contributed by atoms with Crippen LogP contribution >= 0.6 is 0 Å². The maximum atomic E-state index is 9.74. The van der Waals surface area contributed by atoms with Gasteiger partial charge in [0.05, 0.1) is 30.5 Å². The second-order valence-corrected chi connectivity index (χ2v) is 8.16. The summed E-state index contributed by atoms with van der Waals surface area (Å²) in [6.07, 6.45) is 3.36. The number of rotatable bonds is 6. The summed E-state index contributed by atoms with van der Waals surface area (Å²) in [7, 11) is 0. The van der Waals surface area contributed by atoms with E-state index < -0.39 is 0 Å². The SMILES string of the molecule is Cc1nn(CCO)c2cc(Nc3nc4cccc(N[C@H]5CC[C@@H](O)CC5)n4n3)ccc12. The predicted octanol–water partition coefficient (Wildman–Crippen LogP) is 2.84. The molecular weight excluding hydrogens is 394 g/mol. The molecule has 162 valence electrons. The first-order valence-electron chi connectivity index (χ1n) is 10.8. The van der Waals surface area contributed by atoms with Crippen molar-refractivity contribution in [3.05, 3.63) is 42.1 Å². The van der Waals surface area contributed by atoms with Gasteiger partial charge >= 0.3 is 0 Å². The molecule has 0 atom stereocenters. The van der Waals surface area contributed by atoms with Gasteiger partial charge in [0.15, 0.2) is 5.65 Å². The lowest BCUT2D eigenvalue weighted by Crippen LogP contribution is -2.29. The average Bonchev–Trinajstić information content (AvgIpc) is 3.31. The van der Waals surface area contributed by atoms with Crippen LogP contribution in [-0.4, -0.2) is 53.3 Å². The fourth-order valence-electron chi connectivity index (χ4n) is 4.31. The molecule has 31 heavy (non-hydrogen) atoms. The van der Waals surface area contributed by atoms with E-state index in [1.54, 1.807) is 0 Å². The van der Waals surface area contributed by atoms with Crippen LogP contribution in [-0.2, 0) is 6.54 Å². The Kier molecular flexibility index (Phi) is 5.21. The molecule has 3 heterocycles. The van der Waals surface area contributed by atoms with Crippen LogP contribution in [0, 0.1) is 6.92 Å². The molecule has 0 amide bonds. The molecule has 1 aromatic carbocycles. The second kappa shape index (κ2) is 8.16. The van der Waals surface area contributed by atoms with Crippen LogP contribution in [0.2, 0.25) is 0 Å². The monoisotopic (exact) mass is 421 g/mol. The lowest BCUT2D eigenvalue weighted by atomic mass is 9.93. The Morgan fingerprint density at radius 1 is 1.10 bits per heavy atom. The maximum absolute atomic E-state index is 9.74. The largest absolute Gasteiger partial charge is 0.394 e. The molecule has 5 rings (SSSR count). The molecule has 4 N–H and O–H groups in total. The molecule has 9 nitrogen and oxygen atoms in total. The van der Waals surface area contributed by atoms with Gasteiger partial charge in [-0.2, -0.15) is 14.6 Å². The highest BCUT2D eigenvalue weighted by Crippen LogP contribution is 2.25. The molecule has 1 aliphatic rings. The molecule has 0 radical (unpaired) electrons. The lowest BCUT2D eigenvalue weighted by molar-refractivity contribution is 0.126. The van der Waals surface area contributed by atoms with E-state index in [-0.39, 0.29) is 12.7 Å². The number of aliphatic hydroxyl groups is 2. The van der Waals surface area contributed by atoms with Gasteiger partial charge in [-0.15, -0.1) is 5.10 Å². The summed E-state index contributed by atoms with van der Waals surface area (Å²) in [5.74, 6) is 1.41. The molecule has 0 unspecified atom stereocenters. The summed E-state index contributed by atoms with van der Waals surface area (Å²) in [5.41, 5.74) is 3.51. The number of fused-ring (bicyclic) bond motifs is 2. The maximum Gasteiger partial charge on any atom is 0.247 e. The fraction of sp³-hybridized carbons (Fsp3) is 0.409. The molecule has 4 aromatic rings. The Morgan fingerprint density at radius 2 is 1.94 bits per heavy atom. The van der Waals surface area contributed by atoms with E-state index >= 15 is 0 Å². The molecule has 1 fully saturated rings. The van der Waals surface area contributed by atoms with Crippen molar-refractivity contribution in [2.75, 3.05) is 17.2 Å². The number of aromatic nitrogens is 5. The molecule has 1 aliphatic carbocycles. The third-order valence-corrected chi connectivity index (χ3v) is 5.91. The number of hydrogen-bond donors (Lipinski definition) is 4. The van der Waals surface area contributed by atoms with Crippen molar-refractivity contribution in [3.8, 4) is 0 Å². The molecule has 1 saturated carbocycles. The van der Waals surface area contributed by atoms with Crippen LogP contribution in [0.25, 0.3) is 16.6 Å². The number of hydrogen-bond acceptors (Lipinski definition) is 7. The van der Waals surface area contributed by atoms with Crippen LogP contribution in [0.4, 0.5) is 17.5 Å². The highest BCUT2D eigenvalue weighted by molar-refractivity contribution is 5.85. The van der Waals surface area contributed by atoms with E-state index in [1.165, 1.54) is 0 Å². The van der Waals surface area contributed by atoms with Crippen LogP contribution in [0.3, 0.4) is 0 Å². The molecule has 3 aromatic heterocycles. The number of benzene rings is 1. The summed E-state index contributed by atoms with van der Waals surface area (Å²) in [6.45, 7) is 2.46. The van der Waals surface area contributed by atoms with Crippen molar-refractivity contribution in [2.24, 2.45) is 0 Å². The molecule has 9 heteroatoms. The zero-order valence-electron chi connectivity index (χ0n) is 17.5. The van der Waals surface area contributed by atoms with Crippen molar-refractivity contribution in [1.82, 2.24) is 24.4 Å². The molecule has 0 bridgehead atoms. The minimum absolute atomic E-state index is 0.0393. The van der Waals surface area contributed by atoms with Gasteiger partial charge in [0.1, 0.15) is 5.82 Å². The zero-order chi connectivity index (χ0) is 21.4. The topological polar surface area (TPSA) is 113 Å². The van der Waals surface area contributed by atoms with E-state index in [9.17, 15) is 10.2 Å². The molecule has 0 aliphatic heterocycles. The standard InChI is InChI=1S/C22H27N7O2/c1-14-18-10-7-16(13-19(18)28(26-14)11-12-30)24-22-25-21-4-2-3-20(29(21)27-22)23-15-5-8-17(31)9-6-15/h2-4,7,10,13,15,17,23,30-31H,5-6,8-9,11-12H2,1H3,(H,24,27)/t15-,17+. The van der Waals surface area contributed by atoms with Crippen LogP contribution in [0.5, 0.6) is 0 Å². The lowest BCUT2D eigenvalue weighted by Gasteiger charge is -2.26. The van der Waals surface area contributed by atoms with Gasteiger partial charge in [-0.05, 0) is 62.9 Å². The van der Waals surface area contributed by atoms with Crippen LogP contribution in [0.15, 0.2) is 36.4 Å². The first-order chi connectivity index (χ1) is 15.1. The molecular formula is C22H27N7O2. The number of pyridine rings is 1. The smallest absolute Gasteiger partial charge is 0.247 e. The zero-order valence-corrected chi connectivity index (χ0v) is 17.5. The minimum atomic E-state index is -0.175. The summed E-state index contributed by atoms with van der Waals surface area (Å²) in [4.78, 5) is 4.62. The van der Waals surface area contributed by atoms with Gasteiger partial charge in [0.25, 0.3) is 0 Å². The van der Waals surface area contributed by atoms with Gasteiger partial charge in [-0.3, -0.25) is 4.68 Å². The third-order valence-electron chi connectivity index (χ3n) is 5.91. The molecule has 0 spiro atoms. The number of nitrogens with zero attached hydrogens (tertiary/aromatic N) is 5. The van der Waals surface area contributed by atoms with E-state index in [1.807, 2.05) is 52.5 Å². The van der Waals surface area contributed by atoms with Crippen molar-refractivity contribution in [2.45, 2.75) is 51.3 Å². The van der Waals surface area contributed by atoms with Gasteiger partial charge in [0.2, 0.25) is 5.95 Å². The van der Waals surface area contributed by atoms with Crippen molar-refractivity contribution < 1.29 is 10.2 Å². The van der Waals surface area contributed by atoms with Crippen molar-refractivity contribution in [1.29, 1.82) is 0 Å². The highest BCUT2D eigenvalue weighted by atomic mass is 16.3. The first kappa shape index (κ1) is 19.8. The highest BCUT2D eigenvalue weighted by Gasteiger charge is 2.20. The van der Waals surface area contributed by atoms with Crippen molar-refractivity contribution >= 4 is 34.0 Å². The fourth-order valence-corrected chi connectivity index (χ4v) is 4.31. The first-order valence-corrected chi connectivity index (χ1v) is 10.8. The summed E-state index contributed by atoms with van der Waals surface area (Å²) in [6, 6.07) is 12.2. The van der Waals surface area contributed by atoms with Gasteiger partial charge in [-0.25, -0.2) is 0 Å². The third kappa shape index (κ3) is 3.94. The van der Waals surface area contributed by atoms with Crippen LogP contribution in [0.1, 0.15) is 31.4 Å². The molecule has 0 saturated heterocycles. The summed E-state index contributed by atoms with van der Waals surface area (Å²) in [5, 5.41) is 36.1. The Hall–Kier alpha value is -3.17. The van der Waals surface area contributed by atoms with Gasteiger partial charge in [0, 0.05) is 17.1 Å². The van der Waals surface area contributed by atoms with E-state index in [4.69, 9.17) is 0 Å². The normalized spacial score (nSPS) is 19.2. The summed E-state index contributed by atoms with van der Waals surface area (Å²) < 4.78 is 3.63. The number of anilines is 3. The van der Waals surface area contributed by atoms with Crippen LogP contribution < -0.4 is 10.6 Å². The Morgan fingerprint density at radius 3 is 2.74 bits per heavy atom. The minimum Gasteiger partial charge on any atom is -0.394 e. The quantitative estimate of drug-likeness (QED) is 0.379. The predicted molar refractivity (Wildman–Crippen MR) is 120 cm³/mol. The Labute approximate surface area is 179 Å². The number of aliphatic hydroxyl groups excluding tert-OH is 2. The van der Waals surface area contributed by atoms with E-state index in [0.29, 0.717) is 18.5 Å². The Balaban J connectivity index is 1.40. The van der Waals surface area contributed by atoms with Gasteiger partial charge in [-0.1, -0.05) is 6.07 Å². The summed E-state index contributed by atoms with van der Waals surface area (Å²) >= 11 is 0. The van der Waals surface area contributed by atoms with E-state index in [2.05, 4.69) is 25.8 Å².